The number of hydrogen-bond acceptors (Lipinski definition) is 4. The van der Waals surface area contributed by atoms with E-state index in [1.54, 1.807) is 31.4 Å². The summed E-state index contributed by atoms with van der Waals surface area (Å²) in [7, 11) is 1.60. The maximum absolute atomic E-state index is 12.2. The van der Waals surface area contributed by atoms with Crippen LogP contribution in [-0.4, -0.2) is 47.2 Å². The van der Waals surface area contributed by atoms with Crippen LogP contribution in [0.4, 0.5) is 5.82 Å². The van der Waals surface area contributed by atoms with Crippen LogP contribution in [0.2, 0.25) is 5.02 Å². The summed E-state index contributed by atoms with van der Waals surface area (Å²) in [6, 6.07) is 7.78. The molecule has 1 saturated heterocycles. The summed E-state index contributed by atoms with van der Waals surface area (Å²) < 4.78 is 5.35. The number of aromatic amines is 1. The summed E-state index contributed by atoms with van der Waals surface area (Å²) in [6.45, 7) is 4.37. The van der Waals surface area contributed by atoms with Gasteiger partial charge in [0, 0.05) is 29.1 Å². The van der Waals surface area contributed by atoms with Crippen LogP contribution in [0, 0.1) is 0 Å². The number of amides is 1. The molecule has 3 rings (SSSR count). The van der Waals surface area contributed by atoms with E-state index in [0.29, 0.717) is 34.7 Å². The molecular weight excluding hydrogens is 352 g/mol. The molecule has 7 heteroatoms. The fourth-order valence-electron chi connectivity index (χ4n) is 3.38. The number of methoxy groups -OCH3 is 1. The lowest BCUT2D eigenvalue weighted by Gasteiger charge is -2.20. The molecule has 1 aliphatic rings. The van der Waals surface area contributed by atoms with Gasteiger partial charge in [-0.25, -0.2) is 0 Å². The van der Waals surface area contributed by atoms with Crippen molar-refractivity contribution < 1.29 is 9.53 Å². The van der Waals surface area contributed by atoms with E-state index in [2.05, 4.69) is 27.3 Å². The number of H-pyrrole nitrogens is 1. The lowest BCUT2D eigenvalue weighted by atomic mass is 10.1. The predicted octanol–water partition coefficient (Wildman–Crippen LogP) is 3.94. The summed E-state index contributed by atoms with van der Waals surface area (Å²) in [4.78, 5) is 14.6. The second-order valence-corrected chi connectivity index (χ2v) is 7.13. The molecule has 1 aliphatic heterocycles. The molecule has 26 heavy (non-hydrogen) atoms. The molecule has 1 atom stereocenters. The molecule has 1 aromatic carbocycles. The third-order valence-electron chi connectivity index (χ3n) is 4.83. The number of carbonyl (C=O) groups excluding carboxylic acids is 1. The number of aromatic nitrogens is 2. The highest BCUT2D eigenvalue weighted by atomic mass is 35.5. The first kappa shape index (κ1) is 18.7. The third kappa shape index (κ3) is 4.56. The van der Waals surface area contributed by atoms with E-state index in [9.17, 15) is 4.79 Å². The van der Waals surface area contributed by atoms with Gasteiger partial charge in [-0.05, 0) is 57.5 Å². The molecule has 1 aromatic heterocycles. The smallest absolute Gasteiger partial charge is 0.225 e. The van der Waals surface area contributed by atoms with Crippen LogP contribution >= 0.6 is 11.6 Å². The van der Waals surface area contributed by atoms with Gasteiger partial charge in [0.2, 0.25) is 5.91 Å². The van der Waals surface area contributed by atoms with Gasteiger partial charge in [-0.2, -0.15) is 5.10 Å². The zero-order valence-electron chi connectivity index (χ0n) is 15.2. The third-order valence-corrected chi connectivity index (χ3v) is 5.06. The lowest BCUT2D eigenvalue weighted by molar-refractivity contribution is -0.116. The maximum Gasteiger partial charge on any atom is 0.225 e. The molecule has 2 aromatic rings. The first-order valence-corrected chi connectivity index (χ1v) is 9.38. The van der Waals surface area contributed by atoms with E-state index < -0.39 is 0 Å². The van der Waals surface area contributed by atoms with Gasteiger partial charge in [0.05, 0.1) is 12.8 Å². The molecule has 1 amide bonds. The standard InChI is InChI=1S/C19H25ClN4O2/c1-13-5-3-9-24(13)10-4-6-19(25)21-18-12-16(22-23-18)15-11-14(20)7-8-17(15)26-2/h7-8,11-13H,3-6,9-10H2,1-2H3,(H2,21,22,23,25). The Hall–Kier alpha value is -2.05. The summed E-state index contributed by atoms with van der Waals surface area (Å²) in [6.07, 6.45) is 3.88. The van der Waals surface area contributed by atoms with Crippen molar-refractivity contribution in [1.29, 1.82) is 0 Å². The van der Waals surface area contributed by atoms with Crippen LogP contribution in [0.15, 0.2) is 24.3 Å². The van der Waals surface area contributed by atoms with E-state index >= 15 is 0 Å². The first-order chi connectivity index (χ1) is 12.6. The SMILES string of the molecule is COc1ccc(Cl)cc1-c1cc(NC(=O)CCCN2CCCC2C)[nH]n1. The number of nitrogens with one attached hydrogen (secondary N) is 2. The van der Waals surface area contributed by atoms with Crippen molar-refractivity contribution in [3.8, 4) is 17.0 Å². The van der Waals surface area contributed by atoms with Crippen LogP contribution in [0.3, 0.4) is 0 Å². The Morgan fingerprint density at radius 2 is 2.31 bits per heavy atom. The molecule has 1 unspecified atom stereocenters. The largest absolute Gasteiger partial charge is 0.496 e. The van der Waals surface area contributed by atoms with E-state index in [0.717, 1.165) is 25.1 Å². The lowest BCUT2D eigenvalue weighted by Crippen LogP contribution is -2.28. The van der Waals surface area contributed by atoms with Gasteiger partial charge < -0.3 is 15.0 Å². The van der Waals surface area contributed by atoms with Crippen molar-refractivity contribution in [2.75, 3.05) is 25.5 Å². The highest BCUT2D eigenvalue weighted by molar-refractivity contribution is 6.31. The molecule has 0 saturated carbocycles. The number of hydrogen-bond donors (Lipinski definition) is 2. The van der Waals surface area contributed by atoms with E-state index in [1.807, 2.05) is 0 Å². The Morgan fingerprint density at radius 3 is 3.04 bits per heavy atom. The fourth-order valence-corrected chi connectivity index (χ4v) is 3.56. The van der Waals surface area contributed by atoms with Gasteiger partial charge in [0.25, 0.3) is 0 Å². The summed E-state index contributed by atoms with van der Waals surface area (Å²) in [5.41, 5.74) is 1.45. The molecule has 1 fully saturated rings. The number of likely N-dealkylation sites (tertiary alicyclic amines) is 1. The average molecular weight is 377 g/mol. The van der Waals surface area contributed by atoms with Crippen LogP contribution in [0.1, 0.15) is 32.6 Å². The van der Waals surface area contributed by atoms with Gasteiger partial charge in [-0.15, -0.1) is 0 Å². The summed E-state index contributed by atoms with van der Waals surface area (Å²) in [5.74, 6) is 1.24. The molecule has 140 valence electrons. The quantitative estimate of drug-likeness (QED) is 0.767. The highest BCUT2D eigenvalue weighted by Crippen LogP contribution is 2.32. The summed E-state index contributed by atoms with van der Waals surface area (Å²) in [5, 5.41) is 10.6. The van der Waals surface area contributed by atoms with Crippen molar-refractivity contribution in [3.05, 3.63) is 29.3 Å². The molecule has 0 bridgehead atoms. The Morgan fingerprint density at radius 1 is 1.46 bits per heavy atom. The van der Waals surface area contributed by atoms with Crippen molar-refractivity contribution >= 4 is 23.3 Å². The van der Waals surface area contributed by atoms with Gasteiger partial charge >= 0.3 is 0 Å². The van der Waals surface area contributed by atoms with Crippen molar-refractivity contribution in [2.24, 2.45) is 0 Å². The zero-order chi connectivity index (χ0) is 18.5. The van der Waals surface area contributed by atoms with Crippen LogP contribution in [0.25, 0.3) is 11.3 Å². The topological polar surface area (TPSA) is 70.2 Å². The molecule has 6 nitrogen and oxygen atoms in total. The normalized spacial score (nSPS) is 17.4. The minimum Gasteiger partial charge on any atom is -0.496 e. The van der Waals surface area contributed by atoms with Crippen molar-refractivity contribution in [3.63, 3.8) is 0 Å². The number of halogens is 1. The number of rotatable bonds is 7. The Kier molecular flexibility index (Phi) is 6.16. The van der Waals surface area contributed by atoms with Gasteiger partial charge in [-0.3, -0.25) is 9.89 Å². The average Bonchev–Trinajstić information content (AvgIpc) is 3.24. The number of nitrogens with zero attached hydrogens (tertiary/aromatic N) is 2. The number of anilines is 1. The first-order valence-electron chi connectivity index (χ1n) is 9.00. The molecule has 2 N–H and O–H groups in total. The minimum atomic E-state index is -0.00916. The van der Waals surface area contributed by atoms with Gasteiger partial charge in [0.1, 0.15) is 11.6 Å². The second-order valence-electron chi connectivity index (χ2n) is 6.69. The number of carbonyl (C=O) groups is 1. The molecule has 0 spiro atoms. The van der Waals surface area contributed by atoms with Crippen LogP contribution in [0.5, 0.6) is 5.75 Å². The maximum atomic E-state index is 12.2. The van der Waals surface area contributed by atoms with E-state index in [-0.39, 0.29) is 5.91 Å². The highest BCUT2D eigenvalue weighted by Gasteiger charge is 2.19. The molecule has 0 radical (unpaired) electrons. The number of benzene rings is 1. The molecule has 2 heterocycles. The van der Waals surface area contributed by atoms with Crippen LogP contribution in [-0.2, 0) is 4.79 Å². The molecular formula is C19H25ClN4O2. The minimum absolute atomic E-state index is 0.00916. The number of ether oxygens (including phenoxy) is 1. The monoisotopic (exact) mass is 376 g/mol. The van der Waals surface area contributed by atoms with Crippen molar-refractivity contribution in [2.45, 2.75) is 38.6 Å². The molecule has 0 aliphatic carbocycles. The fraction of sp³-hybridized carbons (Fsp3) is 0.474. The summed E-state index contributed by atoms with van der Waals surface area (Å²) >= 11 is 6.07. The second kappa shape index (κ2) is 8.56. The Balaban J connectivity index is 1.55. The van der Waals surface area contributed by atoms with E-state index in [1.165, 1.54) is 12.8 Å². The van der Waals surface area contributed by atoms with Crippen molar-refractivity contribution in [1.82, 2.24) is 15.1 Å². The van der Waals surface area contributed by atoms with Gasteiger partial charge in [0.15, 0.2) is 0 Å². The zero-order valence-corrected chi connectivity index (χ0v) is 16.0. The Labute approximate surface area is 158 Å². The van der Waals surface area contributed by atoms with E-state index in [4.69, 9.17) is 16.3 Å². The van der Waals surface area contributed by atoms with Gasteiger partial charge in [-0.1, -0.05) is 11.6 Å². The van der Waals surface area contributed by atoms with Crippen LogP contribution < -0.4 is 10.1 Å². The predicted molar refractivity (Wildman–Crippen MR) is 104 cm³/mol. The Bertz CT molecular complexity index is 762.